The molecule has 0 atom stereocenters. The van der Waals surface area contributed by atoms with E-state index in [0.717, 1.165) is 22.5 Å². The predicted octanol–water partition coefficient (Wildman–Crippen LogP) is 4.97. The number of nitrogens with zero attached hydrogens (tertiary/aromatic N) is 5. The number of pyridine rings is 1. The van der Waals surface area contributed by atoms with E-state index in [1.54, 1.807) is 30.5 Å². The molecule has 2 aromatic heterocycles. The van der Waals surface area contributed by atoms with Crippen LogP contribution in [0.2, 0.25) is 0 Å². The van der Waals surface area contributed by atoms with Crippen LogP contribution < -0.4 is 9.80 Å². The topological polar surface area (TPSA) is 71.3 Å². The Labute approximate surface area is 219 Å². The Balaban J connectivity index is 0.00000137. The summed E-state index contributed by atoms with van der Waals surface area (Å²) in [6, 6.07) is 13.5. The Kier molecular flexibility index (Phi) is 6.57. The first-order valence-corrected chi connectivity index (χ1v) is 14.0. The van der Waals surface area contributed by atoms with Crippen molar-refractivity contribution in [1.29, 1.82) is 0 Å². The van der Waals surface area contributed by atoms with Crippen LogP contribution in [-0.2, 0) is 10.0 Å². The number of fused-ring (bicyclic) bond motifs is 1. The third kappa shape index (κ3) is 4.42. The van der Waals surface area contributed by atoms with Crippen LogP contribution in [0.4, 0.5) is 20.4 Å². The number of hydrogen-bond donors (Lipinski definition) is 0. The van der Waals surface area contributed by atoms with Crippen LogP contribution in [0, 0.1) is 18.6 Å². The average Bonchev–Trinajstić information content (AvgIpc) is 3.55. The van der Waals surface area contributed by atoms with E-state index in [-0.39, 0.29) is 21.8 Å². The minimum atomic E-state index is -4.05. The van der Waals surface area contributed by atoms with Crippen LogP contribution in [0.15, 0.2) is 65.7 Å². The highest BCUT2D eigenvalue weighted by molar-refractivity contribution is 7.90. The van der Waals surface area contributed by atoms with Crippen LogP contribution in [0.3, 0.4) is 0 Å². The molecule has 0 N–H and O–H groups in total. The molecule has 0 radical (unpaired) electrons. The molecule has 1 aliphatic carbocycles. The fraction of sp³-hybridized carbons (Fsp3) is 0.308. The first-order chi connectivity index (χ1) is 17.8. The van der Waals surface area contributed by atoms with E-state index in [4.69, 9.17) is 0 Å². The normalized spacial score (nSPS) is 16.6. The van der Waals surface area contributed by atoms with E-state index in [2.05, 4.69) is 26.6 Å². The molecule has 4 aromatic rings. The number of benzene rings is 2. The highest BCUT2D eigenvalue weighted by atomic mass is 35.5. The lowest BCUT2D eigenvalue weighted by molar-refractivity contribution is 0.492. The molecule has 2 aliphatic rings. The fourth-order valence-electron chi connectivity index (χ4n) is 4.91. The molecule has 3 heterocycles. The summed E-state index contributed by atoms with van der Waals surface area (Å²) in [5.41, 5.74) is 0.810. The van der Waals surface area contributed by atoms with Crippen LogP contribution >= 0.6 is 11.6 Å². The van der Waals surface area contributed by atoms with Gasteiger partial charge in [-0.3, -0.25) is 0 Å². The largest absolute Gasteiger partial charge is 0.350 e. The standard InChI is InChI=1S/C25H23F2N5O2S.CH3Cl/c1-17-4-7-19(8-5-17)35(33,34)32-22-15-18(26)6-9-20(22)23(29-32)31-14-13-30(16-25(31)10-11-25)24-21(27)3-2-12-28-24;1-2/h2-9,12,15H,10-11,13-14,16H2,1H3;1H3. The molecule has 1 spiro atoms. The maximum absolute atomic E-state index is 14.4. The van der Waals surface area contributed by atoms with Gasteiger partial charge in [-0.2, -0.15) is 12.5 Å². The van der Waals surface area contributed by atoms with Gasteiger partial charge in [-0.05, 0) is 56.2 Å². The lowest BCUT2D eigenvalue weighted by atomic mass is 10.1. The van der Waals surface area contributed by atoms with Crippen molar-refractivity contribution in [2.45, 2.75) is 30.2 Å². The van der Waals surface area contributed by atoms with Crippen molar-refractivity contribution in [2.75, 3.05) is 35.8 Å². The summed E-state index contributed by atoms with van der Waals surface area (Å²) < 4.78 is 56.6. The second-order valence-electron chi connectivity index (χ2n) is 9.25. The van der Waals surface area contributed by atoms with Crippen LogP contribution in [0.25, 0.3) is 10.9 Å². The molecule has 37 heavy (non-hydrogen) atoms. The quantitative estimate of drug-likeness (QED) is 0.337. The Morgan fingerprint density at radius 2 is 1.70 bits per heavy atom. The molecule has 0 amide bonds. The van der Waals surface area contributed by atoms with Crippen molar-refractivity contribution in [3.8, 4) is 0 Å². The molecule has 0 unspecified atom stereocenters. The number of rotatable bonds is 4. The summed E-state index contributed by atoms with van der Waals surface area (Å²) in [4.78, 5) is 8.34. The Bertz CT molecular complexity index is 1560. The molecule has 11 heteroatoms. The van der Waals surface area contributed by atoms with E-state index < -0.39 is 15.8 Å². The number of hydrogen-bond acceptors (Lipinski definition) is 6. The molecule has 7 nitrogen and oxygen atoms in total. The number of aromatic nitrogens is 3. The van der Waals surface area contributed by atoms with Crippen LogP contribution in [-0.4, -0.2) is 54.1 Å². The monoisotopic (exact) mass is 545 g/mol. The number of halogens is 3. The number of aryl methyl sites for hydroxylation is 1. The maximum atomic E-state index is 14.4. The van der Waals surface area contributed by atoms with Gasteiger partial charge < -0.3 is 9.80 Å². The van der Waals surface area contributed by atoms with Crippen molar-refractivity contribution in [3.63, 3.8) is 0 Å². The summed E-state index contributed by atoms with van der Waals surface area (Å²) in [5, 5.41) is 5.12. The summed E-state index contributed by atoms with van der Waals surface area (Å²) in [7, 11) is -4.05. The van der Waals surface area contributed by atoms with Gasteiger partial charge in [0.15, 0.2) is 17.5 Å². The number of alkyl halides is 1. The molecule has 2 fully saturated rings. The molecular formula is C26H26ClF2N5O2S. The predicted molar refractivity (Wildman–Crippen MR) is 141 cm³/mol. The average molecular weight is 546 g/mol. The lowest BCUT2D eigenvalue weighted by Gasteiger charge is -2.43. The zero-order valence-corrected chi connectivity index (χ0v) is 22.0. The smallest absolute Gasteiger partial charge is 0.283 e. The van der Waals surface area contributed by atoms with Crippen molar-refractivity contribution in [3.05, 3.63) is 78.0 Å². The van der Waals surface area contributed by atoms with Gasteiger partial charge in [0.25, 0.3) is 10.0 Å². The van der Waals surface area contributed by atoms with E-state index in [1.165, 1.54) is 36.7 Å². The third-order valence-electron chi connectivity index (χ3n) is 6.91. The van der Waals surface area contributed by atoms with Gasteiger partial charge in [0.2, 0.25) is 0 Å². The molecule has 0 bridgehead atoms. The van der Waals surface area contributed by atoms with Crippen molar-refractivity contribution < 1.29 is 17.2 Å². The van der Waals surface area contributed by atoms with Gasteiger partial charge in [0, 0.05) is 43.7 Å². The first kappa shape index (κ1) is 25.4. The van der Waals surface area contributed by atoms with E-state index in [1.807, 2.05) is 11.8 Å². The van der Waals surface area contributed by atoms with Gasteiger partial charge in [-0.1, -0.05) is 17.7 Å². The lowest BCUT2D eigenvalue weighted by Crippen LogP contribution is -2.56. The number of anilines is 2. The fourth-order valence-corrected chi connectivity index (χ4v) is 6.18. The van der Waals surface area contributed by atoms with Gasteiger partial charge >= 0.3 is 0 Å². The summed E-state index contributed by atoms with van der Waals surface area (Å²) in [6.45, 7) is 3.42. The summed E-state index contributed by atoms with van der Waals surface area (Å²) >= 11 is 4.64. The van der Waals surface area contributed by atoms with Crippen molar-refractivity contribution >= 4 is 44.2 Å². The van der Waals surface area contributed by atoms with E-state index in [9.17, 15) is 17.2 Å². The van der Waals surface area contributed by atoms with Gasteiger partial charge in [-0.15, -0.1) is 16.7 Å². The molecule has 1 saturated carbocycles. The second-order valence-corrected chi connectivity index (χ2v) is 11.0. The van der Waals surface area contributed by atoms with E-state index >= 15 is 0 Å². The van der Waals surface area contributed by atoms with E-state index in [0.29, 0.717) is 36.7 Å². The maximum Gasteiger partial charge on any atom is 0.283 e. The zero-order valence-electron chi connectivity index (χ0n) is 20.4. The molecule has 2 aromatic carbocycles. The highest BCUT2D eigenvalue weighted by Crippen LogP contribution is 2.48. The molecule has 194 valence electrons. The molecule has 6 rings (SSSR count). The molecular weight excluding hydrogens is 520 g/mol. The highest BCUT2D eigenvalue weighted by Gasteiger charge is 2.53. The second kappa shape index (κ2) is 9.57. The summed E-state index contributed by atoms with van der Waals surface area (Å²) in [6.07, 6.45) is 4.76. The minimum absolute atomic E-state index is 0.0832. The van der Waals surface area contributed by atoms with Crippen molar-refractivity contribution in [1.82, 2.24) is 14.2 Å². The Hall–Kier alpha value is -3.24. The van der Waals surface area contributed by atoms with Gasteiger partial charge in [0.1, 0.15) is 5.82 Å². The van der Waals surface area contributed by atoms with Gasteiger partial charge in [0.05, 0.1) is 16.0 Å². The first-order valence-electron chi connectivity index (χ1n) is 11.8. The minimum Gasteiger partial charge on any atom is -0.350 e. The summed E-state index contributed by atoms with van der Waals surface area (Å²) in [5.74, 6) is -0.0980. The van der Waals surface area contributed by atoms with Crippen molar-refractivity contribution in [2.24, 2.45) is 0 Å². The molecule has 1 aliphatic heterocycles. The SMILES string of the molecule is CCl.Cc1ccc(S(=O)(=O)n2nc(N3CCN(c4ncccc4F)CC34CC4)c3ccc(F)cc32)cc1. The van der Waals surface area contributed by atoms with Crippen LogP contribution in [0.5, 0.6) is 0 Å². The number of piperazine rings is 1. The molecule has 1 saturated heterocycles. The van der Waals surface area contributed by atoms with Crippen LogP contribution in [0.1, 0.15) is 18.4 Å². The Morgan fingerprint density at radius 3 is 2.38 bits per heavy atom. The zero-order chi connectivity index (χ0) is 26.4. The Morgan fingerprint density at radius 1 is 0.973 bits per heavy atom. The van der Waals surface area contributed by atoms with Gasteiger partial charge in [-0.25, -0.2) is 13.8 Å². The third-order valence-corrected chi connectivity index (χ3v) is 8.51.